The molecule has 0 heterocycles. The average molecular weight is 344 g/mol. The predicted octanol–water partition coefficient (Wildman–Crippen LogP) is 3.95. The van der Waals surface area contributed by atoms with Crippen molar-refractivity contribution in [1.29, 1.82) is 0 Å². The molecule has 0 aromatic heterocycles. The minimum atomic E-state index is -4.90. The van der Waals surface area contributed by atoms with Gasteiger partial charge in [0.15, 0.2) is 13.2 Å². The molecule has 0 saturated heterocycles. The number of rotatable bonds is 8. The van der Waals surface area contributed by atoms with E-state index in [4.69, 9.17) is 0 Å². The second kappa shape index (κ2) is 7.60. The van der Waals surface area contributed by atoms with Crippen LogP contribution >= 0.6 is 7.60 Å². The summed E-state index contributed by atoms with van der Waals surface area (Å²) in [5.74, 6) is -0.992. The third kappa shape index (κ3) is 11.7. The lowest BCUT2D eigenvalue weighted by Gasteiger charge is -2.20. The lowest BCUT2D eigenvalue weighted by Crippen LogP contribution is -2.22. The molecule has 0 aliphatic carbocycles. The van der Waals surface area contributed by atoms with Gasteiger partial charge in [-0.1, -0.05) is 13.8 Å². The SMILES string of the molecule is CC(C)CC(=O)CP(=O)(OCC(F)(F)F)OCC(F)(F)F. The second-order valence-electron chi connectivity index (χ2n) is 4.68. The molecule has 0 fully saturated rings. The number of ketones is 1. The Morgan fingerprint density at radius 2 is 1.38 bits per heavy atom. The summed E-state index contributed by atoms with van der Waals surface area (Å²) in [4.78, 5) is 11.4. The van der Waals surface area contributed by atoms with Crippen LogP contribution in [0.5, 0.6) is 0 Å². The highest BCUT2D eigenvalue weighted by Crippen LogP contribution is 2.50. The lowest BCUT2D eigenvalue weighted by atomic mass is 10.1. The third-order valence-electron chi connectivity index (χ3n) is 1.86. The monoisotopic (exact) mass is 344 g/mol. The first-order valence-corrected chi connectivity index (χ1v) is 7.48. The molecule has 0 aliphatic heterocycles. The maximum Gasteiger partial charge on any atom is 0.412 e. The standard InChI is InChI=1S/C10H15F6O4P/c1-7(2)3-8(17)4-21(18,19-5-9(11,12)13)20-6-10(14,15)16/h7H,3-6H2,1-2H3. The van der Waals surface area contributed by atoms with Crippen molar-refractivity contribution in [2.24, 2.45) is 5.92 Å². The van der Waals surface area contributed by atoms with E-state index >= 15 is 0 Å². The van der Waals surface area contributed by atoms with E-state index < -0.39 is 45.1 Å². The fraction of sp³-hybridized carbons (Fsp3) is 0.900. The molecule has 0 aromatic rings. The normalized spacial score (nSPS) is 13.8. The van der Waals surface area contributed by atoms with Crippen LogP contribution in [0.15, 0.2) is 0 Å². The highest BCUT2D eigenvalue weighted by atomic mass is 31.2. The number of alkyl halides is 6. The Morgan fingerprint density at radius 1 is 1.00 bits per heavy atom. The van der Waals surface area contributed by atoms with Crippen LogP contribution in [0.4, 0.5) is 26.3 Å². The maximum absolute atomic E-state index is 12.0. The summed E-state index contributed by atoms with van der Waals surface area (Å²) >= 11 is 0. The molecule has 0 atom stereocenters. The van der Waals surface area contributed by atoms with Gasteiger partial charge in [0.05, 0.1) is 0 Å². The van der Waals surface area contributed by atoms with Crippen LogP contribution in [0.2, 0.25) is 0 Å². The maximum atomic E-state index is 12.0. The van der Waals surface area contributed by atoms with E-state index in [9.17, 15) is 35.7 Å². The Labute approximate surface area is 117 Å². The summed E-state index contributed by atoms with van der Waals surface area (Å²) in [6.07, 6.45) is -11.1. The van der Waals surface area contributed by atoms with Crippen molar-refractivity contribution in [2.45, 2.75) is 32.6 Å². The first kappa shape index (κ1) is 20.4. The molecule has 0 saturated carbocycles. The van der Waals surface area contributed by atoms with E-state index in [0.29, 0.717) is 0 Å². The number of carbonyl (C=O) groups excluding carboxylic acids is 1. The highest BCUT2D eigenvalue weighted by Gasteiger charge is 2.39. The van der Waals surface area contributed by atoms with Crippen LogP contribution in [0, 0.1) is 5.92 Å². The number of halogens is 6. The van der Waals surface area contributed by atoms with Gasteiger partial charge in [-0.2, -0.15) is 26.3 Å². The van der Waals surface area contributed by atoms with Gasteiger partial charge in [0, 0.05) is 6.42 Å². The van der Waals surface area contributed by atoms with Gasteiger partial charge >= 0.3 is 19.9 Å². The molecule has 0 spiro atoms. The quantitative estimate of drug-likeness (QED) is 0.494. The van der Waals surface area contributed by atoms with Crippen LogP contribution in [0.25, 0.3) is 0 Å². The molecule has 11 heteroatoms. The predicted molar refractivity (Wildman–Crippen MR) is 60.9 cm³/mol. The number of Topliss-reactive ketones (excluding diaryl/α,β-unsaturated/α-hetero) is 1. The zero-order chi connectivity index (χ0) is 16.9. The largest absolute Gasteiger partial charge is 0.412 e. The van der Waals surface area contributed by atoms with Crippen molar-refractivity contribution in [3.63, 3.8) is 0 Å². The van der Waals surface area contributed by atoms with E-state index in [0.717, 1.165) is 0 Å². The molecular formula is C10H15F6O4P. The van der Waals surface area contributed by atoms with E-state index in [1.807, 2.05) is 0 Å². The van der Waals surface area contributed by atoms with Gasteiger partial charge in [0.25, 0.3) is 0 Å². The van der Waals surface area contributed by atoms with Crippen molar-refractivity contribution in [1.82, 2.24) is 0 Å². The van der Waals surface area contributed by atoms with Crippen LogP contribution in [-0.4, -0.2) is 37.5 Å². The Balaban J connectivity index is 4.82. The molecular weight excluding hydrogens is 329 g/mol. The summed E-state index contributed by atoms with van der Waals surface area (Å²) in [6.45, 7) is -0.903. The lowest BCUT2D eigenvalue weighted by molar-refractivity contribution is -0.165. The van der Waals surface area contributed by atoms with Crippen LogP contribution < -0.4 is 0 Å². The highest BCUT2D eigenvalue weighted by molar-refractivity contribution is 7.54. The third-order valence-corrected chi connectivity index (χ3v) is 3.64. The zero-order valence-electron chi connectivity index (χ0n) is 11.3. The summed E-state index contributed by atoms with van der Waals surface area (Å²) in [5.41, 5.74) is 0. The smallest absolute Gasteiger partial charge is 0.299 e. The van der Waals surface area contributed by atoms with Crippen molar-refractivity contribution >= 4 is 13.4 Å². The molecule has 0 rings (SSSR count). The van der Waals surface area contributed by atoms with E-state index in [1.54, 1.807) is 13.8 Å². The Kier molecular flexibility index (Phi) is 7.38. The van der Waals surface area contributed by atoms with E-state index in [-0.39, 0.29) is 12.3 Å². The molecule has 0 radical (unpaired) electrons. The summed E-state index contributed by atoms with van der Waals surface area (Å²) in [5, 5.41) is 0. The van der Waals surface area contributed by atoms with Gasteiger partial charge in [-0.05, 0) is 5.92 Å². The average Bonchev–Trinajstić information content (AvgIpc) is 2.21. The molecule has 0 amide bonds. The van der Waals surface area contributed by atoms with Gasteiger partial charge in [0.2, 0.25) is 0 Å². The molecule has 126 valence electrons. The van der Waals surface area contributed by atoms with Crippen molar-refractivity contribution < 1.29 is 44.7 Å². The number of hydrogen-bond donors (Lipinski definition) is 0. The fourth-order valence-electron chi connectivity index (χ4n) is 1.21. The molecule has 0 aliphatic rings. The molecule has 0 bridgehead atoms. The van der Waals surface area contributed by atoms with Crippen molar-refractivity contribution in [3.05, 3.63) is 0 Å². The zero-order valence-corrected chi connectivity index (χ0v) is 12.1. The Morgan fingerprint density at radius 3 is 1.67 bits per heavy atom. The molecule has 0 aromatic carbocycles. The van der Waals surface area contributed by atoms with Crippen molar-refractivity contribution in [3.8, 4) is 0 Å². The van der Waals surface area contributed by atoms with Crippen LogP contribution in [0.1, 0.15) is 20.3 Å². The summed E-state index contributed by atoms with van der Waals surface area (Å²) in [6, 6.07) is 0. The van der Waals surface area contributed by atoms with Gasteiger partial charge in [-0.3, -0.25) is 18.4 Å². The topological polar surface area (TPSA) is 52.6 Å². The van der Waals surface area contributed by atoms with Gasteiger partial charge in [-0.25, -0.2) is 0 Å². The van der Waals surface area contributed by atoms with E-state index in [2.05, 4.69) is 9.05 Å². The van der Waals surface area contributed by atoms with Gasteiger partial charge < -0.3 is 0 Å². The number of carbonyl (C=O) groups is 1. The van der Waals surface area contributed by atoms with E-state index in [1.165, 1.54) is 0 Å². The van der Waals surface area contributed by atoms with Crippen LogP contribution in [0.3, 0.4) is 0 Å². The molecule has 4 nitrogen and oxygen atoms in total. The van der Waals surface area contributed by atoms with Gasteiger partial charge in [-0.15, -0.1) is 0 Å². The molecule has 21 heavy (non-hydrogen) atoms. The van der Waals surface area contributed by atoms with Gasteiger partial charge in [0.1, 0.15) is 11.9 Å². The van der Waals surface area contributed by atoms with Crippen LogP contribution in [-0.2, 0) is 18.4 Å². The second-order valence-corrected chi connectivity index (χ2v) is 6.74. The minimum Gasteiger partial charge on any atom is -0.299 e. The first-order chi connectivity index (χ1) is 9.22. The summed E-state index contributed by atoms with van der Waals surface area (Å²) < 4.78 is 91.7. The minimum absolute atomic E-state index is 0.158. The summed E-state index contributed by atoms with van der Waals surface area (Å²) in [7, 11) is -4.81. The first-order valence-electron chi connectivity index (χ1n) is 5.76. The molecule has 0 unspecified atom stereocenters. The van der Waals surface area contributed by atoms with Crippen molar-refractivity contribution in [2.75, 3.05) is 19.4 Å². The fourth-order valence-corrected chi connectivity index (χ4v) is 2.71. The molecule has 0 N–H and O–H groups in total. The Hall–Kier alpha value is -0.600. The number of hydrogen-bond acceptors (Lipinski definition) is 4. The Bertz CT molecular complexity index is 368.